The molecule has 0 fully saturated rings. The minimum atomic E-state index is -5.21. The average molecular weight is 604 g/mol. The molecule has 202 valence electrons. The van der Waals surface area contributed by atoms with Crippen molar-refractivity contribution in [3.8, 4) is 0 Å². The Morgan fingerprint density at radius 2 is 1.50 bits per heavy atom. The topological polar surface area (TPSA) is 41.1 Å². The van der Waals surface area contributed by atoms with Crippen LogP contribution in [0.5, 0.6) is 0 Å². The Balaban J connectivity index is 1.99. The zero-order valence-corrected chi connectivity index (χ0v) is 20.7. The highest BCUT2D eigenvalue weighted by atomic mass is 35.5. The number of halogens is 11. The van der Waals surface area contributed by atoms with Crippen LogP contribution in [0.3, 0.4) is 0 Å². The van der Waals surface area contributed by atoms with Crippen molar-refractivity contribution in [2.24, 2.45) is 0 Å². The van der Waals surface area contributed by atoms with Crippen molar-refractivity contribution in [2.45, 2.75) is 18.3 Å². The number of allylic oxidation sites excluding steroid dienone is 1. The predicted molar refractivity (Wildman–Crippen MR) is 128 cm³/mol. The van der Waals surface area contributed by atoms with Crippen molar-refractivity contribution in [1.29, 1.82) is 0 Å². The van der Waals surface area contributed by atoms with E-state index in [2.05, 4.69) is 5.43 Å². The molecule has 0 aliphatic carbocycles. The van der Waals surface area contributed by atoms with Gasteiger partial charge in [-0.05, 0) is 48.0 Å². The van der Waals surface area contributed by atoms with Crippen LogP contribution in [0.4, 0.5) is 40.8 Å². The Morgan fingerprint density at radius 1 is 0.895 bits per heavy atom. The van der Waals surface area contributed by atoms with Gasteiger partial charge in [0.15, 0.2) is 0 Å². The molecular weight excluding hydrogens is 591 g/mol. The molecule has 0 aliphatic rings. The number of hydrogen-bond donors (Lipinski definition) is 2. The number of anilines is 1. The number of para-hydroxylation sites is 1. The molecule has 1 unspecified atom stereocenters. The highest BCUT2D eigenvalue weighted by Gasteiger charge is 2.41. The van der Waals surface area contributed by atoms with E-state index in [-0.39, 0.29) is 32.9 Å². The Bertz CT molecular complexity index is 1370. The molecule has 3 aromatic rings. The fourth-order valence-corrected chi connectivity index (χ4v) is 3.87. The van der Waals surface area contributed by atoms with Crippen LogP contribution in [-0.4, -0.2) is 12.1 Å². The average Bonchev–Trinajstić information content (AvgIpc) is 2.83. The highest BCUT2D eigenvalue weighted by Crippen LogP contribution is 2.42. The summed E-state index contributed by atoms with van der Waals surface area (Å²) in [6.07, 6.45) is -10.3. The molecule has 0 radical (unpaired) electrons. The SMILES string of the molecule is O=C(NNc1ccccc1F)c1ccc(/C(F)=C/C(c2cc(Cl)c(Cl)c(Cl)c2)C(F)(F)F)cc1C(F)(F)F. The van der Waals surface area contributed by atoms with E-state index in [1.54, 1.807) is 0 Å². The summed E-state index contributed by atoms with van der Waals surface area (Å²) in [4.78, 5) is 12.4. The normalized spacial score (nSPS) is 13.3. The largest absolute Gasteiger partial charge is 0.417 e. The van der Waals surface area contributed by atoms with Gasteiger partial charge in [0.1, 0.15) is 17.6 Å². The maximum atomic E-state index is 14.9. The number of nitrogens with one attached hydrogen (secondary N) is 2. The summed E-state index contributed by atoms with van der Waals surface area (Å²) in [5, 5.41) is -0.942. The zero-order chi connectivity index (χ0) is 28.4. The van der Waals surface area contributed by atoms with Crippen molar-refractivity contribution < 1.29 is 39.9 Å². The second kappa shape index (κ2) is 11.4. The van der Waals surface area contributed by atoms with E-state index in [1.165, 1.54) is 18.2 Å². The molecule has 14 heteroatoms. The number of hydrogen-bond acceptors (Lipinski definition) is 2. The van der Waals surface area contributed by atoms with Gasteiger partial charge in [-0.2, -0.15) is 26.3 Å². The van der Waals surface area contributed by atoms with Gasteiger partial charge in [-0.3, -0.25) is 15.6 Å². The van der Waals surface area contributed by atoms with E-state index in [0.29, 0.717) is 12.1 Å². The molecule has 0 bridgehead atoms. The first-order valence-electron chi connectivity index (χ1n) is 10.2. The van der Waals surface area contributed by atoms with Crippen molar-refractivity contribution >= 4 is 52.2 Å². The number of carbonyl (C=O) groups excluding carboxylic acids is 1. The standard InChI is InChI=1S/C24H13Cl3F8N2O/c25-16-8-12(9-17(26)21(16)27)14(23(30,31)32)10-19(29)11-5-6-13(15(7-11)24(33,34)35)22(38)37-36-20-4-2-1-3-18(20)28/h1-10,14,36H,(H,37,38)/b19-10-. The van der Waals surface area contributed by atoms with Gasteiger partial charge in [0.25, 0.3) is 5.91 Å². The summed E-state index contributed by atoms with van der Waals surface area (Å²) in [6.45, 7) is 0. The summed E-state index contributed by atoms with van der Waals surface area (Å²) < 4.78 is 111. The highest BCUT2D eigenvalue weighted by molar-refractivity contribution is 6.48. The van der Waals surface area contributed by atoms with Gasteiger partial charge in [-0.1, -0.05) is 53.0 Å². The number of hydrazine groups is 1. The van der Waals surface area contributed by atoms with Gasteiger partial charge >= 0.3 is 12.4 Å². The van der Waals surface area contributed by atoms with E-state index >= 15 is 0 Å². The van der Waals surface area contributed by atoms with E-state index in [0.717, 1.165) is 18.2 Å². The first-order valence-corrected chi connectivity index (χ1v) is 11.3. The van der Waals surface area contributed by atoms with Crippen LogP contribution in [0.2, 0.25) is 15.1 Å². The van der Waals surface area contributed by atoms with Crippen molar-refractivity contribution in [3.63, 3.8) is 0 Å². The molecule has 0 saturated carbocycles. The second-order valence-corrected chi connectivity index (χ2v) is 8.84. The molecular formula is C24H13Cl3F8N2O. The fourth-order valence-electron chi connectivity index (χ4n) is 3.26. The second-order valence-electron chi connectivity index (χ2n) is 7.65. The van der Waals surface area contributed by atoms with Crippen LogP contribution in [0.25, 0.3) is 5.83 Å². The molecule has 3 rings (SSSR count). The lowest BCUT2D eigenvalue weighted by atomic mass is 9.95. The van der Waals surface area contributed by atoms with Crippen LogP contribution in [0, 0.1) is 5.82 Å². The van der Waals surface area contributed by atoms with Crippen molar-refractivity contribution in [3.05, 3.63) is 104 Å². The molecule has 1 atom stereocenters. The maximum absolute atomic E-state index is 14.9. The molecule has 0 spiro atoms. The minimum absolute atomic E-state index is 0.0465. The van der Waals surface area contributed by atoms with Gasteiger partial charge in [-0.15, -0.1) is 0 Å². The monoisotopic (exact) mass is 602 g/mol. The van der Waals surface area contributed by atoms with E-state index < -0.39 is 58.1 Å². The van der Waals surface area contributed by atoms with Crippen LogP contribution < -0.4 is 10.9 Å². The third-order valence-corrected chi connectivity index (χ3v) is 6.26. The van der Waals surface area contributed by atoms with Crippen LogP contribution in [0.1, 0.15) is 33.0 Å². The molecule has 2 N–H and O–H groups in total. The van der Waals surface area contributed by atoms with E-state index in [4.69, 9.17) is 34.8 Å². The van der Waals surface area contributed by atoms with Gasteiger partial charge in [-0.25, -0.2) is 8.78 Å². The molecule has 0 heterocycles. The smallest absolute Gasteiger partial charge is 0.295 e. The van der Waals surface area contributed by atoms with Crippen molar-refractivity contribution in [1.82, 2.24) is 5.43 Å². The summed E-state index contributed by atoms with van der Waals surface area (Å²) in [5.41, 5.74) is -0.397. The summed E-state index contributed by atoms with van der Waals surface area (Å²) >= 11 is 17.3. The number of amides is 1. The third kappa shape index (κ3) is 6.89. The molecule has 0 aliphatic heterocycles. The number of carbonyl (C=O) groups is 1. The molecule has 3 aromatic carbocycles. The van der Waals surface area contributed by atoms with Crippen LogP contribution >= 0.6 is 34.8 Å². The van der Waals surface area contributed by atoms with Crippen LogP contribution in [0.15, 0.2) is 60.7 Å². The predicted octanol–water partition coefficient (Wildman–Crippen LogP) is 9.22. The molecule has 38 heavy (non-hydrogen) atoms. The third-order valence-electron chi connectivity index (χ3n) is 5.06. The Kier molecular flexibility index (Phi) is 8.85. The first-order chi connectivity index (χ1) is 17.6. The number of rotatable bonds is 6. The van der Waals surface area contributed by atoms with Gasteiger partial charge in [0.05, 0.1) is 31.9 Å². The lowest BCUT2D eigenvalue weighted by Crippen LogP contribution is -2.31. The fraction of sp³-hybridized carbons (Fsp3) is 0.125. The summed E-state index contributed by atoms with van der Waals surface area (Å²) in [5.74, 6) is -6.50. The van der Waals surface area contributed by atoms with E-state index in [1.807, 2.05) is 5.43 Å². The number of benzene rings is 3. The molecule has 0 aromatic heterocycles. The van der Waals surface area contributed by atoms with Crippen molar-refractivity contribution in [2.75, 3.05) is 5.43 Å². The Morgan fingerprint density at radius 3 is 2.05 bits per heavy atom. The van der Waals surface area contributed by atoms with Gasteiger partial charge in [0.2, 0.25) is 0 Å². The molecule has 3 nitrogen and oxygen atoms in total. The van der Waals surface area contributed by atoms with Gasteiger partial charge < -0.3 is 0 Å². The molecule has 1 amide bonds. The number of alkyl halides is 6. The first kappa shape index (κ1) is 29.5. The van der Waals surface area contributed by atoms with Crippen LogP contribution in [-0.2, 0) is 6.18 Å². The summed E-state index contributed by atoms with van der Waals surface area (Å²) in [6, 6.07) is 7.99. The maximum Gasteiger partial charge on any atom is 0.417 e. The zero-order valence-electron chi connectivity index (χ0n) is 18.4. The minimum Gasteiger partial charge on any atom is -0.295 e. The van der Waals surface area contributed by atoms with Gasteiger partial charge in [0, 0.05) is 5.56 Å². The quantitative estimate of drug-likeness (QED) is 0.168. The Hall–Kier alpha value is -3.02. The summed E-state index contributed by atoms with van der Waals surface area (Å²) in [7, 11) is 0. The van der Waals surface area contributed by atoms with E-state index in [9.17, 15) is 39.9 Å². The Labute approximate surface area is 225 Å². The molecule has 0 saturated heterocycles. The lowest BCUT2D eigenvalue weighted by Gasteiger charge is -2.19. The lowest BCUT2D eigenvalue weighted by molar-refractivity contribution is -0.140.